The van der Waals surface area contributed by atoms with Crippen LogP contribution in [0.15, 0.2) is 18.2 Å². The maximum atomic E-state index is 12.1. The second-order valence-corrected chi connectivity index (χ2v) is 4.60. The molecule has 4 heteroatoms. The molecule has 0 aliphatic carbocycles. The van der Waals surface area contributed by atoms with Gasteiger partial charge in [-0.2, -0.15) is 0 Å². The lowest BCUT2D eigenvalue weighted by molar-refractivity contribution is -0.118. The van der Waals surface area contributed by atoms with Crippen LogP contribution in [0.1, 0.15) is 37.0 Å². The Morgan fingerprint density at radius 1 is 1.50 bits per heavy atom. The molecule has 1 aromatic rings. The third-order valence-corrected chi connectivity index (χ3v) is 3.07. The summed E-state index contributed by atoms with van der Waals surface area (Å²) in [5.41, 5.74) is 1.21. The molecule has 1 aliphatic rings. The molecule has 2 rings (SSSR count). The molecule has 1 N–H and O–H groups in total. The van der Waals surface area contributed by atoms with Gasteiger partial charge in [-0.25, -0.2) is 0 Å². The second kappa shape index (κ2) is 5.21. The van der Waals surface area contributed by atoms with Crippen LogP contribution in [0.3, 0.4) is 0 Å². The zero-order valence-corrected chi connectivity index (χ0v) is 10.7. The highest BCUT2D eigenvalue weighted by Crippen LogP contribution is 2.29. The number of Topliss-reactive ketones (excluding diaryl/α,β-unsaturated/α-hetero) is 1. The van der Waals surface area contributed by atoms with E-state index in [1.54, 1.807) is 18.2 Å². The summed E-state index contributed by atoms with van der Waals surface area (Å²) >= 11 is 0. The van der Waals surface area contributed by atoms with Crippen LogP contribution in [-0.2, 0) is 4.79 Å². The van der Waals surface area contributed by atoms with Gasteiger partial charge in [-0.3, -0.25) is 9.59 Å². The summed E-state index contributed by atoms with van der Waals surface area (Å²) in [4.78, 5) is 23.4. The van der Waals surface area contributed by atoms with E-state index in [1.165, 1.54) is 0 Å². The predicted molar refractivity (Wildman–Crippen MR) is 69.0 cm³/mol. The number of carbonyl (C=O) groups is 2. The van der Waals surface area contributed by atoms with Crippen LogP contribution in [0.25, 0.3) is 0 Å². The minimum atomic E-state index is -0.186. The number of ether oxygens (including phenoxy) is 1. The quantitative estimate of drug-likeness (QED) is 0.832. The third-order valence-electron chi connectivity index (χ3n) is 3.07. The van der Waals surface area contributed by atoms with Gasteiger partial charge in [0, 0.05) is 11.5 Å². The van der Waals surface area contributed by atoms with Gasteiger partial charge in [-0.15, -0.1) is 0 Å². The Hall–Kier alpha value is -1.84. The molecule has 0 spiro atoms. The first-order valence-corrected chi connectivity index (χ1v) is 6.22. The summed E-state index contributed by atoms with van der Waals surface area (Å²) in [5.74, 6) is 0.552. The van der Waals surface area contributed by atoms with Gasteiger partial charge in [0.15, 0.2) is 12.4 Å². The molecule has 1 atom stereocenters. The zero-order chi connectivity index (χ0) is 13.1. The average Bonchev–Trinajstić information content (AvgIpc) is 2.37. The first kappa shape index (κ1) is 12.6. The summed E-state index contributed by atoms with van der Waals surface area (Å²) in [6.45, 7) is 4.03. The Morgan fingerprint density at radius 2 is 2.28 bits per heavy atom. The van der Waals surface area contributed by atoms with Gasteiger partial charge < -0.3 is 10.1 Å². The number of anilines is 1. The summed E-state index contributed by atoms with van der Waals surface area (Å²) < 4.78 is 5.26. The zero-order valence-electron chi connectivity index (χ0n) is 10.7. The highest BCUT2D eigenvalue weighted by Gasteiger charge is 2.20. The van der Waals surface area contributed by atoms with Gasteiger partial charge in [-0.05, 0) is 24.6 Å². The fourth-order valence-electron chi connectivity index (χ4n) is 2.09. The monoisotopic (exact) mass is 247 g/mol. The Morgan fingerprint density at radius 3 is 3.00 bits per heavy atom. The number of nitrogens with one attached hydrogen (secondary N) is 1. The molecule has 0 saturated carbocycles. The fraction of sp³-hybridized carbons (Fsp3) is 0.429. The lowest BCUT2D eigenvalue weighted by Crippen LogP contribution is -2.25. The van der Waals surface area contributed by atoms with Crippen LogP contribution in [0.2, 0.25) is 0 Å². The fourth-order valence-corrected chi connectivity index (χ4v) is 2.09. The molecule has 0 radical (unpaired) electrons. The van der Waals surface area contributed by atoms with Crippen molar-refractivity contribution in [1.82, 2.24) is 0 Å². The molecule has 18 heavy (non-hydrogen) atoms. The highest BCUT2D eigenvalue weighted by molar-refractivity contribution is 6.01. The van der Waals surface area contributed by atoms with E-state index >= 15 is 0 Å². The van der Waals surface area contributed by atoms with E-state index in [0.29, 0.717) is 17.0 Å². The van der Waals surface area contributed by atoms with E-state index in [4.69, 9.17) is 4.74 Å². The molecule has 1 unspecified atom stereocenters. The molecule has 0 aromatic heterocycles. The van der Waals surface area contributed by atoms with Gasteiger partial charge in [0.2, 0.25) is 0 Å². The number of ketones is 1. The molecular weight excluding hydrogens is 230 g/mol. The number of hydrogen-bond donors (Lipinski definition) is 1. The lowest BCUT2D eigenvalue weighted by atomic mass is 9.95. The van der Waals surface area contributed by atoms with Gasteiger partial charge in [0.05, 0.1) is 5.69 Å². The lowest BCUT2D eigenvalue weighted by Gasteiger charge is -2.19. The topological polar surface area (TPSA) is 55.4 Å². The first-order valence-electron chi connectivity index (χ1n) is 6.22. The van der Waals surface area contributed by atoms with Gasteiger partial charge in [0.25, 0.3) is 5.91 Å². The number of benzene rings is 1. The van der Waals surface area contributed by atoms with Crippen molar-refractivity contribution in [2.45, 2.75) is 26.7 Å². The average molecular weight is 247 g/mol. The Kier molecular flexibility index (Phi) is 3.65. The normalized spacial score (nSPS) is 15.3. The summed E-state index contributed by atoms with van der Waals surface area (Å²) in [6.07, 6.45) is 1.86. The van der Waals surface area contributed by atoms with Crippen molar-refractivity contribution in [2.24, 2.45) is 5.92 Å². The molecular formula is C14H17NO3. The van der Waals surface area contributed by atoms with E-state index in [0.717, 1.165) is 12.8 Å². The molecule has 1 amide bonds. The van der Waals surface area contributed by atoms with Crippen LogP contribution in [0.4, 0.5) is 5.69 Å². The first-order chi connectivity index (χ1) is 8.61. The van der Waals surface area contributed by atoms with E-state index in [-0.39, 0.29) is 24.2 Å². The number of amides is 1. The molecule has 1 aromatic carbocycles. The number of rotatable bonds is 4. The standard InChI is InChI=1S/C14H17NO3/c1-3-4-9(2)14(17)10-5-6-12-11(7-10)15-13(16)8-18-12/h5-7,9H,3-4,8H2,1-2H3,(H,15,16). The van der Waals surface area contributed by atoms with Crippen molar-refractivity contribution in [2.75, 3.05) is 11.9 Å². The predicted octanol–water partition coefficient (Wildman–Crippen LogP) is 2.64. The van der Waals surface area contributed by atoms with Crippen LogP contribution in [-0.4, -0.2) is 18.3 Å². The molecule has 4 nitrogen and oxygen atoms in total. The second-order valence-electron chi connectivity index (χ2n) is 4.60. The van der Waals surface area contributed by atoms with Crippen molar-refractivity contribution in [1.29, 1.82) is 0 Å². The van der Waals surface area contributed by atoms with E-state index in [9.17, 15) is 9.59 Å². The van der Waals surface area contributed by atoms with Crippen LogP contribution in [0.5, 0.6) is 5.75 Å². The number of hydrogen-bond acceptors (Lipinski definition) is 3. The molecule has 1 heterocycles. The maximum Gasteiger partial charge on any atom is 0.262 e. The van der Waals surface area contributed by atoms with Crippen LogP contribution < -0.4 is 10.1 Å². The smallest absolute Gasteiger partial charge is 0.262 e. The van der Waals surface area contributed by atoms with E-state index in [1.807, 2.05) is 6.92 Å². The van der Waals surface area contributed by atoms with Crippen molar-refractivity contribution in [3.63, 3.8) is 0 Å². The van der Waals surface area contributed by atoms with Crippen molar-refractivity contribution < 1.29 is 14.3 Å². The van der Waals surface area contributed by atoms with Crippen molar-refractivity contribution in [3.8, 4) is 5.75 Å². The number of carbonyl (C=O) groups excluding carboxylic acids is 2. The van der Waals surface area contributed by atoms with Crippen LogP contribution >= 0.6 is 0 Å². The molecule has 1 aliphatic heterocycles. The SMILES string of the molecule is CCCC(C)C(=O)c1ccc2c(c1)NC(=O)CO2. The molecule has 96 valence electrons. The third kappa shape index (κ3) is 2.53. The number of fused-ring (bicyclic) bond motifs is 1. The van der Waals surface area contributed by atoms with E-state index < -0.39 is 0 Å². The van der Waals surface area contributed by atoms with Gasteiger partial charge in [-0.1, -0.05) is 20.3 Å². The van der Waals surface area contributed by atoms with E-state index in [2.05, 4.69) is 12.2 Å². The molecule has 0 saturated heterocycles. The van der Waals surface area contributed by atoms with Gasteiger partial charge in [0.1, 0.15) is 5.75 Å². The van der Waals surface area contributed by atoms with Crippen LogP contribution in [0, 0.1) is 5.92 Å². The Labute approximate surface area is 106 Å². The minimum Gasteiger partial charge on any atom is -0.482 e. The Balaban J connectivity index is 2.22. The maximum absolute atomic E-state index is 12.1. The highest BCUT2D eigenvalue weighted by atomic mass is 16.5. The summed E-state index contributed by atoms with van der Waals surface area (Å²) in [6, 6.07) is 5.19. The van der Waals surface area contributed by atoms with Crippen molar-refractivity contribution in [3.05, 3.63) is 23.8 Å². The summed E-state index contributed by atoms with van der Waals surface area (Å²) in [7, 11) is 0. The largest absolute Gasteiger partial charge is 0.482 e. The minimum absolute atomic E-state index is 0.00765. The van der Waals surface area contributed by atoms with Gasteiger partial charge >= 0.3 is 0 Å². The molecule has 0 bridgehead atoms. The Bertz CT molecular complexity index is 482. The van der Waals surface area contributed by atoms with Crippen molar-refractivity contribution >= 4 is 17.4 Å². The summed E-state index contributed by atoms with van der Waals surface area (Å²) in [5, 5.41) is 2.71. The molecule has 0 fully saturated rings.